The van der Waals surface area contributed by atoms with Gasteiger partial charge in [0.25, 0.3) is 0 Å². The summed E-state index contributed by atoms with van der Waals surface area (Å²) in [6.45, 7) is 2.86. The summed E-state index contributed by atoms with van der Waals surface area (Å²) in [5.41, 5.74) is 2.76. The largest absolute Gasteiger partial charge is 0.359 e. The van der Waals surface area contributed by atoms with Crippen molar-refractivity contribution in [3.63, 3.8) is 0 Å². The molecule has 0 spiro atoms. The van der Waals surface area contributed by atoms with Gasteiger partial charge in [-0.2, -0.15) is 0 Å². The Labute approximate surface area is 107 Å². The predicted octanol–water partition coefficient (Wildman–Crippen LogP) is 1.52. The Morgan fingerprint density at radius 2 is 2.28 bits per heavy atom. The minimum absolute atomic E-state index is 0.0614. The summed E-state index contributed by atoms with van der Waals surface area (Å²) in [6, 6.07) is 5.51. The normalized spacial score (nSPS) is 18.8. The number of benzene rings is 1. The van der Waals surface area contributed by atoms with Gasteiger partial charge >= 0.3 is 0 Å². The summed E-state index contributed by atoms with van der Waals surface area (Å²) in [5.74, 6) is 0.0614. The number of amides is 1. The van der Waals surface area contributed by atoms with Crippen LogP contribution in [-0.2, 0) is 4.79 Å². The van der Waals surface area contributed by atoms with Crippen LogP contribution in [0.1, 0.15) is 28.8 Å². The molecule has 0 aromatic heterocycles. The molecule has 0 saturated carbocycles. The van der Waals surface area contributed by atoms with E-state index >= 15 is 0 Å². The third-order valence-electron chi connectivity index (χ3n) is 3.47. The molecule has 2 rings (SSSR count). The van der Waals surface area contributed by atoms with Crippen molar-refractivity contribution in [2.75, 3.05) is 18.5 Å². The lowest BCUT2D eigenvalue weighted by Gasteiger charge is -2.27. The van der Waals surface area contributed by atoms with Gasteiger partial charge in [-0.3, -0.25) is 9.59 Å². The Bertz CT molecular complexity index is 471. The molecule has 96 valence electrons. The maximum absolute atomic E-state index is 11.8. The van der Waals surface area contributed by atoms with Gasteiger partial charge in [0.1, 0.15) is 12.3 Å². The van der Waals surface area contributed by atoms with E-state index in [1.165, 1.54) is 0 Å². The first-order valence-electron chi connectivity index (χ1n) is 6.21. The Balaban J connectivity index is 2.30. The standard InChI is InChI=1S/C14H18N2O2/c1-10-8-11(9-17)5-6-12(10)16-7-3-4-13(16)14(18)15-2/h5-6,8-9,13H,3-4,7H2,1-2H3,(H,15,18). The minimum atomic E-state index is -0.0872. The van der Waals surface area contributed by atoms with Crippen LogP contribution in [0.15, 0.2) is 18.2 Å². The van der Waals surface area contributed by atoms with Crippen LogP contribution in [0.5, 0.6) is 0 Å². The molecule has 1 aliphatic heterocycles. The lowest BCUT2D eigenvalue weighted by atomic mass is 10.1. The molecule has 0 bridgehead atoms. The first kappa shape index (κ1) is 12.6. The second-order valence-corrected chi connectivity index (χ2v) is 4.63. The van der Waals surface area contributed by atoms with Crippen molar-refractivity contribution in [3.05, 3.63) is 29.3 Å². The van der Waals surface area contributed by atoms with Crippen molar-refractivity contribution in [1.29, 1.82) is 0 Å². The van der Waals surface area contributed by atoms with Crippen LogP contribution in [0.2, 0.25) is 0 Å². The van der Waals surface area contributed by atoms with E-state index in [0.717, 1.165) is 36.9 Å². The van der Waals surface area contributed by atoms with Gasteiger partial charge in [-0.15, -0.1) is 0 Å². The topological polar surface area (TPSA) is 49.4 Å². The van der Waals surface area contributed by atoms with E-state index in [9.17, 15) is 9.59 Å². The molecule has 0 aliphatic carbocycles. The molecule has 18 heavy (non-hydrogen) atoms. The molecular formula is C14H18N2O2. The van der Waals surface area contributed by atoms with E-state index in [4.69, 9.17) is 0 Å². The molecule has 1 heterocycles. The van der Waals surface area contributed by atoms with Gasteiger partial charge in [-0.25, -0.2) is 0 Å². The number of rotatable bonds is 3. The summed E-state index contributed by atoms with van der Waals surface area (Å²) < 4.78 is 0. The zero-order chi connectivity index (χ0) is 13.1. The van der Waals surface area contributed by atoms with E-state index < -0.39 is 0 Å². The van der Waals surface area contributed by atoms with Crippen molar-refractivity contribution >= 4 is 17.9 Å². The van der Waals surface area contributed by atoms with Crippen molar-refractivity contribution in [2.24, 2.45) is 0 Å². The summed E-state index contributed by atoms with van der Waals surface area (Å²) in [6.07, 6.45) is 2.75. The van der Waals surface area contributed by atoms with Gasteiger partial charge in [-0.05, 0) is 43.5 Å². The van der Waals surface area contributed by atoms with E-state index in [0.29, 0.717) is 5.56 Å². The molecule has 1 unspecified atom stereocenters. The van der Waals surface area contributed by atoms with Gasteiger partial charge < -0.3 is 10.2 Å². The first-order valence-corrected chi connectivity index (χ1v) is 6.21. The molecule has 1 aromatic carbocycles. The molecule has 1 aromatic rings. The molecule has 1 amide bonds. The van der Waals surface area contributed by atoms with Crippen molar-refractivity contribution < 1.29 is 9.59 Å². The van der Waals surface area contributed by atoms with E-state index in [1.54, 1.807) is 13.1 Å². The van der Waals surface area contributed by atoms with E-state index in [1.807, 2.05) is 19.1 Å². The third kappa shape index (κ3) is 2.23. The second kappa shape index (κ2) is 5.21. The van der Waals surface area contributed by atoms with Crippen molar-refractivity contribution in [1.82, 2.24) is 5.32 Å². The van der Waals surface area contributed by atoms with Gasteiger partial charge in [0.15, 0.2) is 0 Å². The monoisotopic (exact) mass is 246 g/mol. The third-order valence-corrected chi connectivity index (χ3v) is 3.47. The summed E-state index contributed by atoms with van der Waals surface area (Å²) in [4.78, 5) is 24.7. The van der Waals surface area contributed by atoms with Gasteiger partial charge in [-0.1, -0.05) is 0 Å². The van der Waals surface area contributed by atoms with Crippen LogP contribution in [0.3, 0.4) is 0 Å². The molecule has 1 fully saturated rings. The minimum Gasteiger partial charge on any atom is -0.359 e. The van der Waals surface area contributed by atoms with Crippen LogP contribution in [-0.4, -0.2) is 31.8 Å². The van der Waals surface area contributed by atoms with Crippen molar-refractivity contribution in [2.45, 2.75) is 25.8 Å². The molecule has 1 aliphatic rings. The number of nitrogens with one attached hydrogen (secondary N) is 1. The molecule has 1 atom stereocenters. The van der Waals surface area contributed by atoms with Crippen LogP contribution >= 0.6 is 0 Å². The van der Waals surface area contributed by atoms with Crippen LogP contribution < -0.4 is 10.2 Å². The highest BCUT2D eigenvalue weighted by Crippen LogP contribution is 2.28. The fourth-order valence-corrected chi connectivity index (χ4v) is 2.57. The summed E-state index contributed by atoms with van der Waals surface area (Å²) in [7, 11) is 1.67. The van der Waals surface area contributed by atoms with Crippen molar-refractivity contribution in [3.8, 4) is 0 Å². The number of hydrogen-bond donors (Lipinski definition) is 1. The number of likely N-dealkylation sites (N-methyl/N-ethyl adjacent to an activating group) is 1. The summed E-state index contributed by atoms with van der Waals surface area (Å²) in [5, 5.41) is 2.71. The Hall–Kier alpha value is -1.84. The number of nitrogens with zero attached hydrogens (tertiary/aromatic N) is 1. The Kier molecular flexibility index (Phi) is 3.65. The van der Waals surface area contributed by atoms with Gasteiger partial charge in [0.05, 0.1) is 0 Å². The smallest absolute Gasteiger partial charge is 0.242 e. The fraction of sp³-hybridized carbons (Fsp3) is 0.429. The number of aryl methyl sites for hydroxylation is 1. The molecule has 0 radical (unpaired) electrons. The number of carbonyl (C=O) groups is 2. The maximum atomic E-state index is 11.8. The van der Waals surface area contributed by atoms with Gasteiger partial charge in [0, 0.05) is 24.8 Å². The SMILES string of the molecule is CNC(=O)C1CCCN1c1ccc(C=O)cc1C. The average molecular weight is 246 g/mol. The van der Waals surface area contributed by atoms with E-state index in [-0.39, 0.29) is 11.9 Å². The highest BCUT2D eigenvalue weighted by molar-refractivity contribution is 5.86. The van der Waals surface area contributed by atoms with Crippen LogP contribution in [0.25, 0.3) is 0 Å². The number of hydrogen-bond acceptors (Lipinski definition) is 3. The highest BCUT2D eigenvalue weighted by Gasteiger charge is 2.30. The zero-order valence-electron chi connectivity index (χ0n) is 10.8. The molecule has 1 N–H and O–H groups in total. The number of aldehydes is 1. The second-order valence-electron chi connectivity index (χ2n) is 4.63. The van der Waals surface area contributed by atoms with Crippen LogP contribution in [0, 0.1) is 6.92 Å². The molecular weight excluding hydrogens is 228 g/mol. The number of carbonyl (C=O) groups excluding carboxylic acids is 2. The lowest BCUT2D eigenvalue weighted by Crippen LogP contribution is -2.42. The zero-order valence-corrected chi connectivity index (χ0v) is 10.8. The number of anilines is 1. The first-order chi connectivity index (χ1) is 8.67. The maximum Gasteiger partial charge on any atom is 0.242 e. The quantitative estimate of drug-likeness (QED) is 0.823. The Morgan fingerprint density at radius 3 is 2.89 bits per heavy atom. The van der Waals surface area contributed by atoms with Crippen LogP contribution in [0.4, 0.5) is 5.69 Å². The Morgan fingerprint density at radius 1 is 1.50 bits per heavy atom. The van der Waals surface area contributed by atoms with E-state index in [2.05, 4.69) is 10.2 Å². The van der Waals surface area contributed by atoms with Gasteiger partial charge in [0.2, 0.25) is 5.91 Å². The lowest BCUT2D eigenvalue weighted by molar-refractivity contribution is -0.121. The highest BCUT2D eigenvalue weighted by atomic mass is 16.2. The summed E-state index contributed by atoms with van der Waals surface area (Å²) >= 11 is 0. The molecule has 1 saturated heterocycles. The molecule has 4 nitrogen and oxygen atoms in total. The average Bonchev–Trinajstić information content (AvgIpc) is 2.86. The predicted molar refractivity (Wildman–Crippen MR) is 71.0 cm³/mol. The molecule has 4 heteroatoms. The fourth-order valence-electron chi connectivity index (χ4n) is 2.57.